The molecule has 0 amide bonds. The second-order valence-corrected chi connectivity index (χ2v) is 4.93. The molecule has 0 bridgehead atoms. The summed E-state index contributed by atoms with van der Waals surface area (Å²) >= 11 is 1.54. The molecule has 2 N–H and O–H groups in total. The molecule has 1 aromatic heterocycles. The molecule has 0 atom stereocenters. The van der Waals surface area contributed by atoms with Crippen LogP contribution >= 0.6 is 11.3 Å². The second-order valence-electron chi connectivity index (χ2n) is 3.78. The van der Waals surface area contributed by atoms with E-state index in [2.05, 4.69) is 9.88 Å². The van der Waals surface area contributed by atoms with E-state index in [-0.39, 0.29) is 0 Å². The quantitative estimate of drug-likeness (QED) is 0.675. The molecule has 17 heavy (non-hydrogen) atoms. The van der Waals surface area contributed by atoms with Crippen molar-refractivity contribution >= 4 is 16.5 Å². The summed E-state index contributed by atoms with van der Waals surface area (Å²) < 4.78 is 10.2. The zero-order valence-electron chi connectivity index (χ0n) is 10.5. The van der Waals surface area contributed by atoms with Gasteiger partial charge in [0, 0.05) is 51.5 Å². The predicted octanol–water partition coefficient (Wildman–Crippen LogP) is 1.21. The van der Waals surface area contributed by atoms with Crippen molar-refractivity contribution in [2.24, 2.45) is 0 Å². The maximum Gasteiger partial charge on any atom is 0.180 e. The first-order chi connectivity index (χ1) is 8.26. The lowest BCUT2D eigenvalue weighted by atomic mass is 10.3. The van der Waals surface area contributed by atoms with Crippen molar-refractivity contribution in [2.45, 2.75) is 13.0 Å². The van der Waals surface area contributed by atoms with Gasteiger partial charge in [-0.1, -0.05) is 0 Å². The van der Waals surface area contributed by atoms with Crippen molar-refractivity contribution in [1.82, 2.24) is 9.88 Å². The highest BCUT2D eigenvalue weighted by Crippen LogP contribution is 2.16. The van der Waals surface area contributed by atoms with E-state index < -0.39 is 0 Å². The van der Waals surface area contributed by atoms with Crippen molar-refractivity contribution in [1.29, 1.82) is 0 Å². The summed E-state index contributed by atoms with van der Waals surface area (Å²) in [6.45, 7) is 4.31. The summed E-state index contributed by atoms with van der Waals surface area (Å²) in [6.07, 6.45) is 2.87. The van der Waals surface area contributed by atoms with E-state index in [4.69, 9.17) is 15.2 Å². The van der Waals surface area contributed by atoms with Gasteiger partial charge in [-0.25, -0.2) is 4.98 Å². The van der Waals surface area contributed by atoms with Crippen LogP contribution in [0.3, 0.4) is 0 Å². The summed E-state index contributed by atoms with van der Waals surface area (Å²) in [7, 11) is 3.45. The van der Waals surface area contributed by atoms with Crippen LogP contribution in [0.4, 0.5) is 5.13 Å². The number of methoxy groups -OCH3 is 2. The molecule has 0 aromatic carbocycles. The van der Waals surface area contributed by atoms with Crippen LogP contribution in [0.2, 0.25) is 0 Å². The predicted molar refractivity (Wildman–Crippen MR) is 70.2 cm³/mol. The van der Waals surface area contributed by atoms with Gasteiger partial charge in [0.05, 0.1) is 6.61 Å². The normalized spacial score (nSPS) is 11.2. The van der Waals surface area contributed by atoms with Gasteiger partial charge >= 0.3 is 0 Å². The molecule has 0 radical (unpaired) electrons. The smallest absolute Gasteiger partial charge is 0.180 e. The number of aromatic nitrogens is 1. The second kappa shape index (κ2) is 8.41. The Morgan fingerprint density at radius 3 is 2.65 bits per heavy atom. The number of nitrogens with two attached hydrogens (primary N) is 1. The molecular formula is C11H21N3O2S. The lowest BCUT2D eigenvalue weighted by Gasteiger charge is -2.20. The fourth-order valence-corrected chi connectivity index (χ4v) is 2.27. The van der Waals surface area contributed by atoms with Gasteiger partial charge in [0.15, 0.2) is 5.13 Å². The SMILES string of the molecule is COCCCN(CCOC)Cc1cnc(N)s1. The van der Waals surface area contributed by atoms with Crippen LogP contribution in [0, 0.1) is 0 Å². The van der Waals surface area contributed by atoms with Crippen LogP contribution in [0.1, 0.15) is 11.3 Å². The summed E-state index contributed by atoms with van der Waals surface area (Å²) in [5, 5.41) is 0.628. The maximum absolute atomic E-state index is 5.62. The molecule has 0 spiro atoms. The Balaban J connectivity index is 2.38. The van der Waals surface area contributed by atoms with Gasteiger partial charge in [-0.2, -0.15) is 0 Å². The van der Waals surface area contributed by atoms with Crippen LogP contribution in [0.5, 0.6) is 0 Å². The first-order valence-corrected chi connectivity index (χ1v) is 6.48. The lowest BCUT2D eigenvalue weighted by Crippen LogP contribution is -2.28. The highest BCUT2D eigenvalue weighted by atomic mass is 32.1. The molecule has 1 heterocycles. The van der Waals surface area contributed by atoms with Gasteiger partial charge in [0.25, 0.3) is 0 Å². The van der Waals surface area contributed by atoms with Crippen LogP contribution in [0.15, 0.2) is 6.20 Å². The Labute approximate surface area is 107 Å². The topological polar surface area (TPSA) is 60.6 Å². The third-order valence-corrected chi connectivity index (χ3v) is 3.20. The van der Waals surface area contributed by atoms with Gasteiger partial charge in [0.2, 0.25) is 0 Å². The summed E-state index contributed by atoms with van der Waals surface area (Å²) in [5.74, 6) is 0. The molecule has 1 rings (SSSR count). The molecule has 0 saturated heterocycles. The van der Waals surface area contributed by atoms with Gasteiger partial charge in [0.1, 0.15) is 0 Å². The minimum atomic E-state index is 0.628. The van der Waals surface area contributed by atoms with Crippen molar-refractivity contribution < 1.29 is 9.47 Å². The van der Waals surface area contributed by atoms with Crippen molar-refractivity contribution in [3.05, 3.63) is 11.1 Å². The molecule has 0 saturated carbocycles. The number of nitrogen functional groups attached to an aromatic ring is 1. The van der Waals surface area contributed by atoms with Crippen LogP contribution < -0.4 is 5.73 Å². The summed E-state index contributed by atoms with van der Waals surface area (Å²) in [4.78, 5) is 7.58. The molecule has 6 heteroatoms. The average molecular weight is 259 g/mol. The Morgan fingerprint density at radius 1 is 1.29 bits per heavy atom. The zero-order chi connectivity index (χ0) is 12.5. The van der Waals surface area contributed by atoms with Gasteiger partial charge < -0.3 is 15.2 Å². The first kappa shape index (κ1) is 14.4. The van der Waals surface area contributed by atoms with E-state index in [1.54, 1.807) is 25.6 Å². The number of hydrogen-bond donors (Lipinski definition) is 1. The highest BCUT2D eigenvalue weighted by Gasteiger charge is 2.07. The summed E-state index contributed by atoms with van der Waals surface area (Å²) in [6, 6.07) is 0. The summed E-state index contributed by atoms with van der Waals surface area (Å²) in [5.41, 5.74) is 5.62. The van der Waals surface area contributed by atoms with Crippen molar-refractivity contribution in [3.8, 4) is 0 Å². The van der Waals surface area contributed by atoms with Gasteiger partial charge in [-0.3, -0.25) is 4.90 Å². The number of rotatable bonds is 9. The lowest BCUT2D eigenvalue weighted by molar-refractivity contribution is 0.130. The van der Waals surface area contributed by atoms with E-state index >= 15 is 0 Å². The van der Waals surface area contributed by atoms with Crippen LogP contribution in [-0.2, 0) is 16.0 Å². The van der Waals surface area contributed by atoms with Crippen LogP contribution in [-0.4, -0.2) is 50.4 Å². The van der Waals surface area contributed by atoms with Crippen molar-refractivity contribution in [2.75, 3.05) is 46.3 Å². The van der Waals surface area contributed by atoms with E-state index in [1.165, 1.54) is 4.88 Å². The maximum atomic E-state index is 5.62. The minimum Gasteiger partial charge on any atom is -0.385 e. The zero-order valence-corrected chi connectivity index (χ0v) is 11.3. The minimum absolute atomic E-state index is 0.628. The van der Waals surface area contributed by atoms with Crippen molar-refractivity contribution in [3.63, 3.8) is 0 Å². The molecule has 0 unspecified atom stereocenters. The number of thiazole rings is 1. The third kappa shape index (κ3) is 5.97. The Bertz CT molecular complexity index is 307. The fraction of sp³-hybridized carbons (Fsp3) is 0.727. The molecular weight excluding hydrogens is 238 g/mol. The van der Waals surface area contributed by atoms with E-state index in [0.29, 0.717) is 5.13 Å². The molecule has 0 aliphatic heterocycles. The Morgan fingerprint density at radius 2 is 2.06 bits per heavy atom. The molecule has 0 aliphatic carbocycles. The van der Waals surface area contributed by atoms with Gasteiger partial charge in [-0.15, -0.1) is 11.3 Å². The van der Waals surface area contributed by atoms with Gasteiger partial charge in [-0.05, 0) is 6.42 Å². The van der Waals surface area contributed by atoms with E-state index in [1.807, 2.05) is 6.20 Å². The third-order valence-electron chi connectivity index (χ3n) is 2.39. The molecule has 0 aliphatic rings. The standard InChI is InChI=1S/C11H21N3O2S/c1-15-6-3-4-14(5-7-16-2)9-10-8-13-11(12)17-10/h8H,3-7,9H2,1-2H3,(H2,12,13). The highest BCUT2D eigenvalue weighted by molar-refractivity contribution is 7.15. The molecule has 0 fully saturated rings. The average Bonchev–Trinajstić information content (AvgIpc) is 2.72. The Kier molecular flexibility index (Phi) is 7.11. The number of anilines is 1. The monoisotopic (exact) mass is 259 g/mol. The van der Waals surface area contributed by atoms with Crippen LogP contribution in [0.25, 0.3) is 0 Å². The number of ether oxygens (including phenoxy) is 2. The van der Waals surface area contributed by atoms with E-state index in [0.717, 1.165) is 39.3 Å². The number of hydrogen-bond acceptors (Lipinski definition) is 6. The molecule has 1 aromatic rings. The van der Waals surface area contributed by atoms with E-state index in [9.17, 15) is 0 Å². The first-order valence-electron chi connectivity index (χ1n) is 5.66. The fourth-order valence-electron chi connectivity index (χ4n) is 1.54. The molecule has 5 nitrogen and oxygen atoms in total. The largest absolute Gasteiger partial charge is 0.385 e. The number of nitrogens with zero attached hydrogens (tertiary/aromatic N) is 2. The molecule has 98 valence electrons. The Hall–Kier alpha value is -0.690.